The maximum absolute atomic E-state index is 5.22. The van der Waals surface area contributed by atoms with Crippen LogP contribution in [0.1, 0.15) is 26.3 Å². The van der Waals surface area contributed by atoms with Crippen molar-refractivity contribution in [3.63, 3.8) is 0 Å². The van der Waals surface area contributed by atoms with Crippen LogP contribution >= 0.6 is 12.4 Å². The lowest BCUT2D eigenvalue weighted by molar-refractivity contribution is 0.415. The molecule has 1 aromatic rings. The molecular weight excluding hydrogens is 222 g/mol. The van der Waals surface area contributed by atoms with E-state index in [1.165, 1.54) is 11.1 Å². The summed E-state index contributed by atoms with van der Waals surface area (Å²) in [5.74, 6) is 0.895. The summed E-state index contributed by atoms with van der Waals surface area (Å²) in [5.41, 5.74) is 3.74. The second kappa shape index (κ2) is 4.38. The predicted molar refractivity (Wildman–Crippen MR) is 71.6 cm³/mol. The number of fused-ring (bicyclic) bond motifs is 1. The van der Waals surface area contributed by atoms with Gasteiger partial charge in [-0.2, -0.15) is 0 Å². The number of benzene rings is 1. The highest BCUT2D eigenvalue weighted by Crippen LogP contribution is 2.35. The van der Waals surface area contributed by atoms with E-state index in [1.807, 2.05) is 12.1 Å². The molecule has 1 aliphatic heterocycles. The van der Waals surface area contributed by atoms with Gasteiger partial charge in [-0.1, -0.05) is 6.08 Å². The van der Waals surface area contributed by atoms with Gasteiger partial charge in [0.05, 0.1) is 12.6 Å². The van der Waals surface area contributed by atoms with Gasteiger partial charge < -0.3 is 10.1 Å². The molecule has 1 heterocycles. The first-order chi connectivity index (χ1) is 7.02. The van der Waals surface area contributed by atoms with Crippen LogP contribution in [0.5, 0.6) is 5.75 Å². The third-order valence-corrected chi connectivity index (χ3v) is 2.69. The molecule has 1 N–H and O–H groups in total. The van der Waals surface area contributed by atoms with E-state index in [1.54, 1.807) is 7.11 Å². The van der Waals surface area contributed by atoms with Crippen molar-refractivity contribution in [2.45, 2.75) is 26.3 Å². The lowest BCUT2D eigenvalue weighted by Gasteiger charge is -2.31. The molecule has 0 fully saturated rings. The first kappa shape index (κ1) is 12.9. The molecule has 16 heavy (non-hydrogen) atoms. The lowest BCUT2D eigenvalue weighted by atomic mass is 9.91. The van der Waals surface area contributed by atoms with E-state index >= 15 is 0 Å². The summed E-state index contributed by atoms with van der Waals surface area (Å²) >= 11 is 0. The number of allylic oxidation sites excluding steroid dienone is 1. The van der Waals surface area contributed by atoms with E-state index in [4.69, 9.17) is 4.74 Å². The molecule has 0 aromatic heterocycles. The SMILES string of the molecule is COc1ccc2c(c1)NC(C)(C)C=C2C.Cl. The van der Waals surface area contributed by atoms with Crippen LogP contribution in [-0.2, 0) is 0 Å². The number of hydrogen-bond acceptors (Lipinski definition) is 2. The van der Waals surface area contributed by atoms with Gasteiger partial charge in [-0.25, -0.2) is 0 Å². The van der Waals surface area contributed by atoms with Crippen molar-refractivity contribution in [1.29, 1.82) is 0 Å². The molecule has 0 bridgehead atoms. The summed E-state index contributed by atoms with van der Waals surface area (Å²) in [6.07, 6.45) is 2.25. The summed E-state index contributed by atoms with van der Waals surface area (Å²) in [4.78, 5) is 0. The van der Waals surface area contributed by atoms with E-state index in [-0.39, 0.29) is 17.9 Å². The number of nitrogens with one attached hydrogen (secondary N) is 1. The van der Waals surface area contributed by atoms with Crippen LogP contribution in [0.25, 0.3) is 5.57 Å². The highest BCUT2D eigenvalue weighted by Gasteiger charge is 2.22. The maximum Gasteiger partial charge on any atom is 0.120 e. The number of hydrogen-bond donors (Lipinski definition) is 1. The van der Waals surface area contributed by atoms with Gasteiger partial charge >= 0.3 is 0 Å². The van der Waals surface area contributed by atoms with Gasteiger partial charge in [0.15, 0.2) is 0 Å². The fourth-order valence-electron chi connectivity index (χ4n) is 2.10. The van der Waals surface area contributed by atoms with Gasteiger partial charge in [-0.3, -0.25) is 0 Å². The molecular formula is C13H18ClNO. The topological polar surface area (TPSA) is 21.3 Å². The van der Waals surface area contributed by atoms with Gasteiger partial charge in [0, 0.05) is 17.3 Å². The minimum atomic E-state index is 0. The molecule has 0 atom stereocenters. The molecule has 1 aliphatic rings. The molecule has 0 spiro atoms. The normalized spacial score (nSPS) is 16.4. The van der Waals surface area contributed by atoms with Crippen molar-refractivity contribution in [3.05, 3.63) is 29.8 Å². The van der Waals surface area contributed by atoms with Crippen LogP contribution < -0.4 is 10.1 Å². The van der Waals surface area contributed by atoms with E-state index < -0.39 is 0 Å². The standard InChI is InChI=1S/C13H17NO.ClH/c1-9-8-13(2,3)14-12-7-10(15-4)5-6-11(9)12;/h5-8,14H,1-4H3;1H. The molecule has 2 nitrogen and oxygen atoms in total. The fraction of sp³-hybridized carbons (Fsp3) is 0.385. The van der Waals surface area contributed by atoms with Crippen LogP contribution in [-0.4, -0.2) is 12.6 Å². The molecule has 3 heteroatoms. The Bertz CT molecular complexity index is 424. The molecule has 0 radical (unpaired) electrons. The number of rotatable bonds is 1. The van der Waals surface area contributed by atoms with E-state index in [0.29, 0.717) is 0 Å². The summed E-state index contributed by atoms with van der Waals surface area (Å²) in [7, 11) is 1.69. The summed E-state index contributed by atoms with van der Waals surface area (Å²) in [6.45, 7) is 6.48. The Hall–Kier alpha value is -1.15. The minimum Gasteiger partial charge on any atom is -0.497 e. The van der Waals surface area contributed by atoms with Gasteiger partial charge in [0.2, 0.25) is 0 Å². The van der Waals surface area contributed by atoms with E-state index in [9.17, 15) is 0 Å². The van der Waals surface area contributed by atoms with Crippen molar-refractivity contribution in [2.24, 2.45) is 0 Å². The highest BCUT2D eigenvalue weighted by atomic mass is 35.5. The largest absolute Gasteiger partial charge is 0.497 e. The third-order valence-electron chi connectivity index (χ3n) is 2.69. The molecule has 0 aliphatic carbocycles. The first-order valence-electron chi connectivity index (χ1n) is 5.18. The van der Waals surface area contributed by atoms with Crippen LogP contribution in [0.4, 0.5) is 5.69 Å². The summed E-state index contributed by atoms with van der Waals surface area (Å²) in [5, 5.41) is 3.48. The van der Waals surface area contributed by atoms with Gasteiger partial charge in [0.25, 0.3) is 0 Å². The molecule has 0 amide bonds. The zero-order chi connectivity index (χ0) is 11.1. The Morgan fingerprint density at radius 2 is 1.94 bits per heavy atom. The van der Waals surface area contributed by atoms with Crippen LogP contribution in [0, 0.1) is 0 Å². The molecule has 0 unspecified atom stereocenters. The van der Waals surface area contributed by atoms with E-state index in [0.717, 1.165) is 11.4 Å². The van der Waals surface area contributed by atoms with Gasteiger partial charge in [-0.05, 0) is 38.5 Å². The van der Waals surface area contributed by atoms with Crippen LogP contribution in [0.3, 0.4) is 0 Å². The van der Waals surface area contributed by atoms with E-state index in [2.05, 4.69) is 38.2 Å². The third kappa shape index (κ3) is 2.33. The lowest BCUT2D eigenvalue weighted by Crippen LogP contribution is -2.31. The fourth-order valence-corrected chi connectivity index (χ4v) is 2.10. The number of anilines is 1. The predicted octanol–water partition coefficient (Wildman–Crippen LogP) is 3.72. The minimum absolute atomic E-state index is 0. The van der Waals surface area contributed by atoms with Gasteiger partial charge in [0.1, 0.15) is 5.75 Å². The molecule has 2 rings (SSSR count). The van der Waals surface area contributed by atoms with Crippen LogP contribution in [0.2, 0.25) is 0 Å². The van der Waals surface area contributed by atoms with Crippen molar-refractivity contribution < 1.29 is 4.74 Å². The highest BCUT2D eigenvalue weighted by molar-refractivity contribution is 5.85. The molecule has 88 valence electrons. The van der Waals surface area contributed by atoms with Crippen LogP contribution in [0.15, 0.2) is 24.3 Å². The quantitative estimate of drug-likeness (QED) is 0.807. The number of methoxy groups -OCH3 is 1. The smallest absolute Gasteiger partial charge is 0.120 e. The molecule has 1 aromatic carbocycles. The average Bonchev–Trinajstić information content (AvgIpc) is 2.14. The zero-order valence-corrected chi connectivity index (χ0v) is 10.9. The number of ether oxygens (including phenoxy) is 1. The maximum atomic E-state index is 5.22. The van der Waals surface area contributed by atoms with Crippen molar-refractivity contribution >= 4 is 23.7 Å². The Balaban J connectivity index is 0.00000128. The van der Waals surface area contributed by atoms with Crippen molar-refractivity contribution in [2.75, 3.05) is 12.4 Å². The van der Waals surface area contributed by atoms with Crippen molar-refractivity contribution in [1.82, 2.24) is 0 Å². The van der Waals surface area contributed by atoms with Crippen molar-refractivity contribution in [3.8, 4) is 5.75 Å². The second-order valence-corrected chi connectivity index (χ2v) is 4.59. The number of halogens is 1. The summed E-state index contributed by atoms with van der Waals surface area (Å²) < 4.78 is 5.22. The average molecular weight is 240 g/mol. The Kier molecular flexibility index (Phi) is 3.54. The first-order valence-corrected chi connectivity index (χ1v) is 5.18. The second-order valence-electron chi connectivity index (χ2n) is 4.59. The Morgan fingerprint density at radius 3 is 2.56 bits per heavy atom. The van der Waals surface area contributed by atoms with Gasteiger partial charge in [-0.15, -0.1) is 12.4 Å². The molecule has 0 saturated heterocycles. The monoisotopic (exact) mass is 239 g/mol. The summed E-state index contributed by atoms with van der Waals surface area (Å²) in [6, 6.07) is 6.14. The molecule has 0 saturated carbocycles. The Morgan fingerprint density at radius 1 is 1.25 bits per heavy atom. The Labute approximate surface area is 103 Å². The zero-order valence-electron chi connectivity index (χ0n) is 10.1.